The summed E-state index contributed by atoms with van der Waals surface area (Å²) in [6.07, 6.45) is -4.07. The van der Waals surface area contributed by atoms with E-state index in [9.17, 15) is 22.8 Å². The van der Waals surface area contributed by atoms with E-state index in [1.165, 1.54) is 12.1 Å². The lowest BCUT2D eigenvalue weighted by Gasteiger charge is -2.21. The molecule has 0 aliphatic rings. The summed E-state index contributed by atoms with van der Waals surface area (Å²) in [4.78, 5) is 23.2. The molecule has 0 spiro atoms. The van der Waals surface area contributed by atoms with Crippen molar-refractivity contribution in [2.75, 3.05) is 0 Å². The fraction of sp³-hybridized carbons (Fsp3) is 0.467. The maximum Gasteiger partial charge on any atom is 0.416 e. The fourth-order valence-electron chi connectivity index (χ4n) is 2.00. The van der Waals surface area contributed by atoms with Gasteiger partial charge in [-0.2, -0.15) is 13.2 Å². The van der Waals surface area contributed by atoms with Gasteiger partial charge in [0.05, 0.1) is 12.0 Å². The van der Waals surface area contributed by atoms with Gasteiger partial charge in [-0.1, -0.05) is 38.5 Å². The van der Waals surface area contributed by atoms with Crippen molar-refractivity contribution in [1.82, 2.24) is 5.32 Å². The van der Waals surface area contributed by atoms with Crippen molar-refractivity contribution in [3.05, 3.63) is 35.4 Å². The highest BCUT2D eigenvalue weighted by Gasteiger charge is 2.30. The van der Waals surface area contributed by atoms with Gasteiger partial charge in [0, 0.05) is 0 Å². The summed E-state index contributed by atoms with van der Waals surface area (Å²) in [5.41, 5.74) is 4.64. The summed E-state index contributed by atoms with van der Waals surface area (Å²) in [5, 5.41) is 2.48. The molecule has 2 amide bonds. The lowest BCUT2D eigenvalue weighted by Crippen LogP contribution is -2.48. The minimum Gasteiger partial charge on any atom is -0.368 e. The van der Waals surface area contributed by atoms with Crippen LogP contribution in [0.15, 0.2) is 24.3 Å². The van der Waals surface area contributed by atoms with Gasteiger partial charge in [-0.3, -0.25) is 9.59 Å². The Kier molecular flexibility index (Phi) is 5.96. The minimum absolute atomic E-state index is 0.150. The second-order valence-corrected chi connectivity index (χ2v) is 5.21. The van der Waals surface area contributed by atoms with Gasteiger partial charge in [-0.15, -0.1) is 0 Å². The first kappa shape index (κ1) is 18.0. The van der Waals surface area contributed by atoms with Crippen LogP contribution in [-0.2, 0) is 22.2 Å². The second kappa shape index (κ2) is 7.29. The summed E-state index contributed by atoms with van der Waals surface area (Å²) in [7, 11) is 0. The maximum atomic E-state index is 12.6. The van der Waals surface area contributed by atoms with Gasteiger partial charge in [0.1, 0.15) is 6.04 Å². The van der Waals surface area contributed by atoms with Crippen LogP contribution in [0.2, 0.25) is 0 Å². The van der Waals surface area contributed by atoms with Crippen LogP contribution < -0.4 is 11.1 Å². The Balaban J connectivity index is 2.78. The summed E-state index contributed by atoms with van der Waals surface area (Å²) in [5.74, 6) is -1.35. The average molecular weight is 316 g/mol. The highest BCUT2D eigenvalue weighted by Crippen LogP contribution is 2.29. The predicted molar refractivity (Wildman–Crippen MR) is 75.7 cm³/mol. The SMILES string of the molecule is CC[C@H](C)[C@H](NC(=O)Cc1cccc(C(F)(F)F)c1)C(N)=O. The van der Waals surface area contributed by atoms with Crippen LogP contribution in [0.1, 0.15) is 31.4 Å². The van der Waals surface area contributed by atoms with E-state index in [4.69, 9.17) is 5.73 Å². The number of halogens is 3. The number of nitrogens with one attached hydrogen (secondary N) is 1. The molecule has 1 aromatic carbocycles. The lowest BCUT2D eigenvalue weighted by molar-refractivity contribution is -0.137. The van der Waals surface area contributed by atoms with Gasteiger partial charge in [0.15, 0.2) is 0 Å². The van der Waals surface area contributed by atoms with Crippen LogP contribution in [0.4, 0.5) is 13.2 Å². The molecule has 0 heterocycles. The number of hydrogen-bond donors (Lipinski definition) is 2. The van der Waals surface area contributed by atoms with Gasteiger partial charge in [0.25, 0.3) is 0 Å². The smallest absolute Gasteiger partial charge is 0.368 e. The van der Waals surface area contributed by atoms with Crippen molar-refractivity contribution >= 4 is 11.8 Å². The van der Waals surface area contributed by atoms with Crippen molar-refractivity contribution in [3.63, 3.8) is 0 Å². The summed E-state index contributed by atoms with van der Waals surface area (Å²) in [6, 6.07) is 3.70. The zero-order chi connectivity index (χ0) is 16.9. The van der Waals surface area contributed by atoms with Gasteiger partial charge < -0.3 is 11.1 Å². The Morgan fingerprint density at radius 3 is 2.45 bits per heavy atom. The Bertz CT molecular complexity index is 544. The van der Waals surface area contributed by atoms with E-state index in [-0.39, 0.29) is 17.9 Å². The maximum absolute atomic E-state index is 12.6. The van der Waals surface area contributed by atoms with Gasteiger partial charge in [0.2, 0.25) is 11.8 Å². The van der Waals surface area contributed by atoms with Gasteiger partial charge in [-0.05, 0) is 17.5 Å². The summed E-state index contributed by atoms with van der Waals surface area (Å²) in [6.45, 7) is 3.61. The molecule has 3 N–H and O–H groups in total. The normalized spacial score (nSPS) is 14.2. The number of benzene rings is 1. The third-order valence-corrected chi connectivity index (χ3v) is 3.45. The third-order valence-electron chi connectivity index (χ3n) is 3.45. The number of amides is 2. The molecular weight excluding hydrogens is 297 g/mol. The number of carbonyl (C=O) groups is 2. The largest absolute Gasteiger partial charge is 0.416 e. The van der Waals surface area contributed by atoms with Crippen LogP contribution in [0.25, 0.3) is 0 Å². The fourth-order valence-corrected chi connectivity index (χ4v) is 2.00. The van der Waals surface area contributed by atoms with E-state index >= 15 is 0 Å². The van der Waals surface area contributed by atoms with Crippen LogP contribution in [-0.4, -0.2) is 17.9 Å². The van der Waals surface area contributed by atoms with Crippen LogP contribution >= 0.6 is 0 Å². The molecule has 0 saturated carbocycles. The molecule has 0 unspecified atom stereocenters. The van der Waals surface area contributed by atoms with E-state index in [1.54, 1.807) is 6.92 Å². The molecule has 0 radical (unpaired) electrons. The molecule has 7 heteroatoms. The molecule has 4 nitrogen and oxygen atoms in total. The monoisotopic (exact) mass is 316 g/mol. The standard InChI is InChI=1S/C15H19F3N2O2/c1-3-9(2)13(14(19)22)20-12(21)8-10-5-4-6-11(7-10)15(16,17)18/h4-7,9,13H,3,8H2,1-2H3,(H2,19,22)(H,20,21)/t9-,13-/m0/s1. The number of primary amides is 1. The van der Waals surface area contributed by atoms with E-state index in [2.05, 4.69) is 5.32 Å². The van der Waals surface area contributed by atoms with E-state index < -0.39 is 29.6 Å². The average Bonchev–Trinajstić information content (AvgIpc) is 2.43. The predicted octanol–water partition coefficient (Wildman–Crippen LogP) is 2.26. The Hall–Kier alpha value is -2.05. The van der Waals surface area contributed by atoms with Crippen LogP contribution in [0.3, 0.4) is 0 Å². The molecule has 0 bridgehead atoms. The Morgan fingerprint density at radius 2 is 1.95 bits per heavy atom. The molecule has 122 valence electrons. The highest BCUT2D eigenvalue weighted by molar-refractivity contribution is 5.87. The molecule has 1 aromatic rings. The van der Waals surface area contributed by atoms with Crippen molar-refractivity contribution in [2.45, 2.75) is 38.9 Å². The first-order chi connectivity index (χ1) is 10.1. The molecule has 22 heavy (non-hydrogen) atoms. The third kappa shape index (κ3) is 5.05. The number of alkyl halides is 3. The van der Waals surface area contributed by atoms with Crippen molar-refractivity contribution in [2.24, 2.45) is 11.7 Å². The topological polar surface area (TPSA) is 72.2 Å². The summed E-state index contributed by atoms with van der Waals surface area (Å²) >= 11 is 0. The highest BCUT2D eigenvalue weighted by atomic mass is 19.4. The zero-order valence-electron chi connectivity index (χ0n) is 12.4. The van der Waals surface area contributed by atoms with Crippen molar-refractivity contribution in [3.8, 4) is 0 Å². The first-order valence-electron chi connectivity index (χ1n) is 6.90. The van der Waals surface area contributed by atoms with Crippen LogP contribution in [0, 0.1) is 5.92 Å². The zero-order valence-corrected chi connectivity index (χ0v) is 12.4. The molecule has 0 aliphatic heterocycles. The number of carbonyl (C=O) groups excluding carboxylic acids is 2. The first-order valence-corrected chi connectivity index (χ1v) is 6.90. The van der Waals surface area contributed by atoms with Gasteiger partial charge in [-0.25, -0.2) is 0 Å². The van der Waals surface area contributed by atoms with E-state index in [0.29, 0.717) is 6.42 Å². The molecule has 1 rings (SSSR count). The number of rotatable bonds is 6. The molecule has 0 aromatic heterocycles. The summed E-state index contributed by atoms with van der Waals surface area (Å²) < 4.78 is 37.8. The van der Waals surface area contributed by atoms with Crippen molar-refractivity contribution < 1.29 is 22.8 Å². The van der Waals surface area contributed by atoms with Crippen molar-refractivity contribution in [1.29, 1.82) is 0 Å². The van der Waals surface area contributed by atoms with E-state index in [0.717, 1.165) is 12.1 Å². The second-order valence-electron chi connectivity index (χ2n) is 5.21. The molecule has 0 aliphatic carbocycles. The van der Waals surface area contributed by atoms with Crippen LogP contribution in [0.5, 0.6) is 0 Å². The van der Waals surface area contributed by atoms with E-state index in [1.807, 2.05) is 6.92 Å². The van der Waals surface area contributed by atoms with Gasteiger partial charge >= 0.3 is 6.18 Å². The Labute approximate surface area is 126 Å². The minimum atomic E-state index is -4.46. The Morgan fingerprint density at radius 1 is 1.32 bits per heavy atom. The molecule has 0 saturated heterocycles. The molecule has 0 fully saturated rings. The molecule has 2 atom stereocenters. The molecular formula is C15H19F3N2O2. The number of nitrogens with two attached hydrogens (primary N) is 1. The number of hydrogen-bond acceptors (Lipinski definition) is 2. The lowest BCUT2D eigenvalue weighted by atomic mass is 9.98. The quantitative estimate of drug-likeness (QED) is 0.845.